The summed E-state index contributed by atoms with van der Waals surface area (Å²) >= 11 is 0. The highest BCUT2D eigenvalue weighted by molar-refractivity contribution is 7.89. The lowest BCUT2D eigenvalue weighted by molar-refractivity contribution is 0.392. The van der Waals surface area contributed by atoms with Gasteiger partial charge in [-0.05, 0) is 19.2 Å². The number of sulfonamides is 1. The highest BCUT2D eigenvalue weighted by atomic mass is 32.2. The van der Waals surface area contributed by atoms with E-state index in [2.05, 4.69) is 4.72 Å². The van der Waals surface area contributed by atoms with Crippen molar-refractivity contribution < 1.29 is 17.9 Å². The van der Waals surface area contributed by atoms with Gasteiger partial charge in [-0.25, -0.2) is 13.1 Å². The standard InChI is InChI=1S/C9H13NO4S/c1-10-15(11,12)9-6-7(13-2)4-5-8(9)14-3/h4-6,10H,1-3H3. The van der Waals surface area contributed by atoms with Gasteiger partial charge in [-0.3, -0.25) is 0 Å². The maximum atomic E-state index is 11.6. The molecule has 1 aromatic rings. The van der Waals surface area contributed by atoms with Crippen molar-refractivity contribution in [3.8, 4) is 11.5 Å². The van der Waals surface area contributed by atoms with Crippen molar-refractivity contribution in [3.05, 3.63) is 18.2 Å². The smallest absolute Gasteiger partial charge is 0.244 e. The van der Waals surface area contributed by atoms with Crippen molar-refractivity contribution in [2.75, 3.05) is 21.3 Å². The fourth-order valence-electron chi connectivity index (χ4n) is 1.10. The predicted molar refractivity (Wildman–Crippen MR) is 55.8 cm³/mol. The molecule has 1 aromatic carbocycles. The maximum absolute atomic E-state index is 11.6. The monoisotopic (exact) mass is 231 g/mol. The van der Waals surface area contributed by atoms with Crippen LogP contribution >= 0.6 is 0 Å². The van der Waals surface area contributed by atoms with E-state index in [9.17, 15) is 8.42 Å². The molecule has 0 radical (unpaired) electrons. The lowest BCUT2D eigenvalue weighted by Gasteiger charge is -2.09. The summed E-state index contributed by atoms with van der Waals surface area (Å²) in [5.74, 6) is 0.745. The summed E-state index contributed by atoms with van der Waals surface area (Å²) < 4.78 is 35.3. The highest BCUT2D eigenvalue weighted by Gasteiger charge is 2.18. The third-order valence-electron chi connectivity index (χ3n) is 1.93. The molecule has 6 heteroatoms. The maximum Gasteiger partial charge on any atom is 0.244 e. The summed E-state index contributed by atoms with van der Waals surface area (Å²) in [6, 6.07) is 4.58. The Bertz CT molecular complexity index is 441. The van der Waals surface area contributed by atoms with Crippen molar-refractivity contribution in [3.63, 3.8) is 0 Å². The first-order chi connectivity index (χ1) is 7.05. The molecule has 84 valence electrons. The van der Waals surface area contributed by atoms with Crippen LogP contribution in [0.5, 0.6) is 11.5 Å². The first-order valence-corrected chi connectivity index (χ1v) is 5.69. The highest BCUT2D eigenvalue weighted by Crippen LogP contribution is 2.27. The van der Waals surface area contributed by atoms with Crippen molar-refractivity contribution in [2.45, 2.75) is 4.90 Å². The minimum absolute atomic E-state index is 0.0619. The molecular formula is C9H13NO4S. The summed E-state index contributed by atoms with van der Waals surface area (Å²) in [7, 11) is 0.696. The lowest BCUT2D eigenvalue weighted by Crippen LogP contribution is -2.19. The van der Waals surface area contributed by atoms with E-state index in [-0.39, 0.29) is 10.6 Å². The molecule has 1 rings (SSSR count). The van der Waals surface area contributed by atoms with Crippen molar-refractivity contribution in [1.29, 1.82) is 0 Å². The van der Waals surface area contributed by atoms with Gasteiger partial charge in [0, 0.05) is 6.07 Å². The Morgan fingerprint density at radius 1 is 1.20 bits per heavy atom. The molecule has 15 heavy (non-hydrogen) atoms. The molecule has 0 spiro atoms. The van der Waals surface area contributed by atoms with Crippen LogP contribution in [0.25, 0.3) is 0 Å². The van der Waals surface area contributed by atoms with Gasteiger partial charge in [-0.2, -0.15) is 0 Å². The zero-order valence-electron chi connectivity index (χ0n) is 8.77. The molecule has 0 heterocycles. The zero-order valence-corrected chi connectivity index (χ0v) is 9.59. The van der Waals surface area contributed by atoms with Crippen LogP contribution in [0.4, 0.5) is 0 Å². The van der Waals surface area contributed by atoms with Gasteiger partial charge in [0.2, 0.25) is 10.0 Å². The summed E-state index contributed by atoms with van der Waals surface area (Å²) in [5, 5.41) is 0. The third kappa shape index (κ3) is 2.40. The van der Waals surface area contributed by atoms with Gasteiger partial charge in [0.1, 0.15) is 16.4 Å². The minimum Gasteiger partial charge on any atom is -0.497 e. The van der Waals surface area contributed by atoms with Gasteiger partial charge in [0.15, 0.2) is 0 Å². The molecule has 0 bridgehead atoms. The Hall–Kier alpha value is -1.27. The Labute approximate surface area is 89.1 Å². The van der Waals surface area contributed by atoms with Crippen LogP contribution in [0, 0.1) is 0 Å². The first-order valence-electron chi connectivity index (χ1n) is 4.20. The first kappa shape index (κ1) is 11.8. The Balaban J connectivity index is 3.36. The van der Waals surface area contributed by atoms with Crippen molar-refractivity contribution in [1.82, 2.24) is 4.72 Å². The predicted octanol–water partition coefficient (Wildman–Crippen LogP) is 0.612. The van der Waals surface area contributed by atoms with Crippen LogP contribution < -0.4 is 14.2 Å². The van der Waals surface area contributed by atoms with Gasteiger partial charge in [0.25, 0.3) is 0 Å². The molecular weight excluding hydrogens is 218 g/mol. The average Bonchev–Trinajstić information content (AvgIpc) is 2.28. The van der Waals surface area contributed by atoms with Gasteiger partial charge in [-0.15, -0.1) is 0 Å². The molecule has 0 aliphatic heterocycles. The normalized spacial score (nSPS) is 11.1. The number of nitrogens with one attached hydrogen (secondary N) is 1. The van der Waals surface area contributed by atoms with Crippen LogP contribution in [0.1, 0.15) is 0 Å². The molecule has 0 saturated carbocycles. The summed E-state index contributed by atoms with van der Waals surface area (Å²) in [5.41, 5.74) is 0. The van der Waals surface area contributed by atoms with E-state index < -0.39 is 10.0 Å². The number of hydrogen-bond acceptors (Lipinski definition) is 4. The quantitative estimate of drug-likeness (QED) is 0.824. The third-order valence-corrected chi connectivity index (χ3v) is 3.36. The molecule has 5 nitrogen and oxygen atoms in total. The van der Waals surface area contributed by atoms with E-state index in [1.165, 1.54) is 27.3 Å². The molecule has 0 aliphatic rings. The minimum atomic E-state index is -3.53. The molecule has 0 aromatic heterocycles. The number of methoxy groups -OCH3 is 2. The fraction of sp³-hybridized carbons (Fsp3) is 0.333. The Morgan fingerprint density at radius 3 is 2.33 bits per heavy atom. The topological polar surface area (TPSA) is 64.6 Å². The molecule has 0 saturated heterocycles. The largest absolute Gasteiger partial charge is 0.497 e. The van der Waals surface area contributed by atoms with Crippen LogP contribution in [-0.2, 0) is 10.0 Å². The van der Waals surface area contributed by atoms with Crippen LogP contribution in [0.3, 0.4) is 0 Å². The Kier molecular flexibility index (Phi) is 3.54. The van der Waals surface area contributed by atoms with Crippen LogP contribution in [0.15, 0.2) is 23.1 Å². The number of rotatable bonds is 4. The molecule has 0 unspecified atom stereocenters. The van der Waals surface area contributed by atoms with E-state index in [0.717, 1.165) is 0 Å². The van der Waals surface area contributed by atoms with Gasteiger partial charge >= 0.3 is 0 Å². The Morgan fingerprint density at radius 2 is 1.87 bits per heavy atom. The van der Waals surface area contributed by atoms with E-state index >= 15 is 0 Å². The lowest BCUT2D eigenvalue weighted by atomic mass is 10.3. The second-order valence-corrected chi connectivity index (χ2v) is 4.58. The van der Waals surface area contributed by atoms with Crippen LogP contribution in [0.2, 0.25) is 0 Å². The second-order valence-electron chi connectivity index (χ2n) is 2.72. The average molecular weight is 231 g/mol. The van der Waals surface area contributed by atoms with Gasteiger partial charge < -0.3 is 9.47 Å². The van der Waals surface area contributed by atoms with Crippen molar-refractivity contribution in [2.24, 2.45) is 0 Å². The molecule has 1 N–H and O–H groups in total. The molecule has 0 aliphatic carbocycles. The van der Waals surface area contributed by atoms with E-state index in [1.54, 1.807) is 12.1 Å². The van der Waals surface area contributed by atoms with Crippen LogP contribution in [-0.4, -0.2) is 29.7 Å². The molecule has 0 atom stereocenters. The summed E-state index contributed by atoms with van der Waals surface area (Å²) in [4.78, 5) is 0.0619. The van der Waals surface area contributed by atoms with E-state index in [0.29, 0.717) is 5.75 Å². The van der Waals surface area contributed by atoms with Gasteiger partial charge in [-0.1, -0.05) is 0 Å². The van der Waals surface area contributed by atoms with E-state index in [1.807, 2.05) is 0 Å². The second kappa shape index (κ2) is 4.50. The molecule has 0 fully saturated rings. The van der Waals surface area contributed by atoms with Gasteiger partial charge in [0.05, 0.1) is 14.2 Å². The fourth-order valence-corrected chi connectivity index (χ4v) is 2.01. The van der Waals surface area contributed by atoms with Crippen molar-refractivity contribution >= 4 is 10.0 Å². The summed E-state index contributed by atoms with van der Waals surface area (Å²) in [6.07, 6.45) is 0. The summed E-state index contributed by atoms with van der Waals surface area (Å²) in [6.45, 7) is 0. The number of ether oxygens (including phenoxy) is 2. The number of hydrogen-bond donors (Lipinski definition) is 1. The zero-order chi connectivity index (χ0) is 11.5. The number of benzene rings is 1. The van der Waals surface area contributed by atoms with E-state index in [4.69, 9.17) is 9.47 Å². The molecule has 0 amide bonds. The SMILES string of the molecule is CNS(=O)(=O)c1cc(OC)ccc1OC.